The number of hydrogen-bond acceptors (Lipinski definition) is 6. The molecule has 2 aromatic rings. The first kappa shape index (κ1) is 22.1. The van der Waals surface area contributed by atoms with Gasteiger partial charge in [-0.2, -0.15) is 0 Å². The van der Waals surface area contributed by atoms with Gasteiger partial charge in [-0.1, -0.05) is 0 Å². The molecule has 1 aliphatic heterocycles. The van der Waals surface area contributed by atoms with E-state index in [4.69, 9.17) is 23.5 Å². The molecule has 2 fully saturated rings. The minimum atomic E-state index is -1.81. The van der Waals surface area contributed by atoms with Crippen molar-refractivity contribution in [2.24, 2.45) is 5.41 Å². The van der Waals surface area contributed by atoms with E-state index >= 15 is 0 Å². The van der Waals surface area contributed by atoms with Crippen molar-refractivity contribution in [2.45, 2.75) is 69.2 Å². The number of rotatable bonds is 5. The third kappa shape index (κ3) is 3.85. The quantitative estimate of drug-likeness (QED) is 0.614. The first-order valence-corrected chi connectivity index (χ1v) is 11.4. The summed E-state index contributed by atoms with van der Waals surface area (Å²) in [6.07, 6.45) is 7.10. The summed E-state index contributed by atoms with van der Waals surface area (Å²) in [5.41, 5.74) is -0.252. The smallest absolute Gasteiger partial charge is 0.276 e. The fraction of sp³-hybridized carbons (Fsp3) is 0.545. The van der Waals surface area contributed by atoms with E-state index in [1.807, 2.05) is 13.8 Å². The first-order chi connectivity index (χ1) is 15.5. The van der Waals surface area contributed by atoms with Crippen LogP contribution >= 0.6 is 0 Å². The van der Waals surface area contributed by atoms with Crippen LogP contribution in [0.15, 0.2) is 23.3 Å². The molecule has 0 aromatic carbocycles. The molecule has 0 bridgehead atoms. The molecule has 1 amide bonds. The van der Waals surface area contributed by atoms with Gasteiger partial charge in [0, 0.05) is 12.1 Å². The molecule has 3 heterocycles. The molecule has 2 spiro atoms. The third-order valence-corrected chi connectivity index (χ3v) is 7.12. The summed E-state index contributed by atoms with van der Waals surface area (Å²) in [5, 5.41) is 7.52. The van der Waals surface area contributed by atoms with Gasteiger partial charge in [0.15, 0.2) is 0 Å². The van der Waals surface area contributed by atoms with Crippen LogP contribution in [-0.2, 0) is 10.8 Å². The molecule has 2 aliphatic carbocycles. The van der Waals surface area contributed by atoms with Crippen molar-refractivity contribution in [2.75, 3.05) is 10.6 Å². The molecule has 3 N–H and O–H groups in total. The lowest BCUT2D eigenvalue weighted by Gasteiger charge is -2.39. The second-order valence-corrected chi connectivity index (χ2v) is 10.1. The summed E-state index contributed by atoms with van der Waals surface area (Å²) in [4.78, 5) is 35.2. The number of carbonyl (C=O) groups is 1. The minimum absolute atomic E-state index is 0.134. The van der Waals surface area contributed by atoms with Crippen LogP contribution < -0.4 is 21.5 Å². The SMILES string of the molecule is [B]C([B])([B])c1cc(Nc2cc(NC(C)C)ncn2)c(=O)n2c1C(=O)NC21CCC2(CC2)CC1. The molecule has 0 saturated heterocycles. The zero-order valence-corrected chi connectivity index (χ0v) is 18.9. The summed E-state index contributed by atoms with van der Waals surface area (Å²) < 4.78 is 1.53. The van der Waals surface area contributed by atoms with Gasteiger partial charge in [-0.15, -0.1) is 5.11 Å². The summed E-state index contributed by atoms with van der Waals surface area (Å²) in [5.74, 6) is 0.655. The van der Waals surface area contributed by atoms with E-state index in [9.17, 15) is 9.59 Å². The van der Waals surface area contributed by atoms with Crippen LogP contribution in [-0.4, -0.2) is 50.0 Å². The summed E-state index contributed by atoms with van der Waals surface area (Å²) >= 11 is 0. The van der Waals surface area contributed by atoms with Crippen molar-refractivity contribution in [3.8, 4) is 0 Å². The van der Waals surface area contributed by atoms with Crippen molar-refractivity contribution < 1.29 is 4.79 Å². The number of carbonyl (C=O) groups excluding carboxylic acids is 1. The average molecular weight is 438 g/mol. The van der Waals surface area contributed by atoms with Gasteiger partial charge in [-0.25, -0.2) is 9.97 Å². The maximum Gasteiger partial charge on any atom is 0.276 e. The van der Waals surface area contributed by atoms with E-state index in [1.165, 1.54) is 29.8 Å². The largest absolute Gasteiger partial charge is 0.368 e. The maximum absolute atomic E-state index is 13.7. The van der Waals surface area contributed by atoms with Crippen LogP contribution in [0.25, 0.3) is 0 Å². The Hall–Kier alpha value is -2.71. The van der Waals surface area contributed by atoms with Gasteiger partial charge in [0.25, 0.3) is 11.5 Å². The van der Waals surface area contributed by atoms with Gasteiger partial charge in [-0.05, 0) is 69.4 Å². The highest BCUT2D eigenvalue weighted by Gasteiger charge is 2.54. The van der Waals surface area contributed by atoms with Gasteiger partial charge >= 0.3 is 0 Å². The van der Waals surface area contributed by atoms with Gasteiger partial charge in [0.05, 0.1) is 23.5 Å². The molecular weight excluding hydrogens is 413 g/mol. The molecule has 164 valence electrons. The van der Waals surface area contributed by atoms with Crippen molar-refractivity contribution in [3.63, 3.8) is 0 Å². The summed E-state index contributed by atoms with van der Waals surface area (Å²) in [7, 11) is 18.2. The van der Waals surface area contributed by atoms with Crippen molar-refractivity contribution in [1.82, 2.24) is 19.9 Å². The van der Waals surface area contributed by atoms with Crippen LogP contribution in [0, 0.1) is 5.41 Å². The van der Waals surface area contributed by atoms with Crippen LogP contribution in [0.3, 0.4) is 0 Å². The number of hydrogen-bond donors (Lipinski definition) is 3. The van der Waals surface area contributed by atoms with Crippen molar-refractivity contribution >= 4 is 46.8 Å². The number of anilines is 3. The van der Waals surface area contributed by atoms with E-state index in [-0.39, 0.29) is 34.5 Å². The van der Waals surface area contributed by atoms with Crippen LogP contribution in [0.1, 0.15) is 68.4 Å². The standard InChI is InChI=1S/C22H25B3N6O2/c1-12(2)28-15-10-16(27-11-26-15)29-14-9-13(22(23,24)25)17-18(32)30-21(31(17)19(14)33)7-5-20(3-4-20)6-8-21/h9-12H,3-8H2,1-2H3,(H,30,32)(H2,26,27,28,29). The second kappa shape index (κ2) is 7.40. The monoisotopic (exact) mass is 438 g/mol. The molecule has 33 heavy (non-hydrogen) atoms. The molecule has 0 unspecified atom stereocenters. The summed E-state index contributed by atoms with van der Waals surface area (Å²) in [6.45, 7) is 3.99. The van der Waals surface area contributed by atoms with Gasteiger partial charge in [0.2, 0.25) is 0 Å². The Morgan fingerprint density at radius 1 is 1.03 bits per heavy atom. The van der Waals surface area contributed by atoms with Crippen LogP contribution in [0.4, 0.5) is 17.3 Å². The number of fused-ring (bicyclic) bond motifs is 2. The average Bonchev–Trinajstić information content (AvgIpc) is 3.43. The van der Waals surface area contributed by atoms with Crippen LogP contribution in [0.5, 0.6) is 0 Å². The molecule has 6 radical (unpaired) electrons. The van der Waals surface area contributed by atoms with Gasteiger partial charge in [-0.3, -0.25) is 14.2 Å². The second-order valence-electron chi connectivity index (χ2n) is 10.1. The highest BCUT2D eigenvalue weighted by Crippen LogP contribution is 2.59. The fourth-order valence-electron chi connectivity index (χ4n) is 5.15. The Bertz CT molecular complexity index is 1180. The number of aromatic nitrogens is 3. The van der Waals surface area contributed by atoms with E-state index in [0.29, 0.717) is 29.9 Å². The Morgan fingerprint density at radius 3 is 2.27 bits per heavy atom. The van der Waals surface area contributed by atoms with E-state index in [1.54, 1.807) is 6.07 Å². The molecule has 2 saturated carbocycles. The lowest BCUT2D eigenvalue weighted by molar-refractivity contribution is 0.0821. The lowest BCUT2D eigenvalue weighted by Crippen LogP contribution is -2.50. The number of nitrogens with zero attached hydrogens (tertiary/aromatic N) is 3. The fourth-order valence-corrected chi connectivity index (χ4v) is 5.15. The maximum atomic E-state index is 13.7. The number of pyridine rings is 1. The predicted molar refractivity (Wildman–Crippen MR) is 129 cm³/mol. The zero-order valence-electron chi connectivity index (χ0n) is 18.9. The van der Waals surface area contributed by atoms with Crippen molar-refractivity contribution in [3.05, 3.63) is 40.1 Å². The highest BCUT2D eigenvalue weighted by atomic mass is 16.2. The Kier molecular flexibility index (Phi) is 4.96. The molecule has 5 rings (SSSR count). The lowest BCUT2D eigenvalue weighted by atomic mass is 9.40. The third-order valence-electron chi connectivity index (χ3n) is 7.12. The first-order valence-electron chi connectivity index (χ1n) is 11.4. The number of nitrogens with one attached hydrogen (secondary N) is 3. The molecule has 3 aliphatic rings. The summed E-state index contributed by atoms with van der Waals surface area (Å²) in [6, 6.07) is 3.33. The van der Waals surface area contributed by atoms with E-state index in [0.717, 1.165) is 12.8 Å². The van der Waals surface area contributed by atoms with Gasteiger partial charge in [0.1, 0.15) is 35.0 Å². The molecule has 0 atom stereocenters. The normalized spacial score (nSPS) is 20.0. The number of amides is 1. The Morgan fingerprint density at radius 2 is 1.67 bits per heavy atom. The molecular formula is C22H25B3N6O2. The zero-order chi connectivity index (χ0) is 23.6. The Balaban J connectivity index is 1.60. The predicted octanol–water partition coefficient (Wildman–Crippen LogP) is 1.57. The van der Waals surface area contributed by atoms with E-state index < -0.39 is 10.8 Å². The highest BCUT2D eigenvalue weighted by molar-refractivity contribution is 6.59. The minimum Gasteiger partial charge on any atom is -0.368 e. The van der Waals surface area contributed by atoms with E-state index in [2.05, 4.69) is 25.9 Å². The topological polar surface area (TPSA) is 101 Å². The van der Waals surface area contributed by atoms with Gasteiger partial charge < -0.3 is 16.0 Å². The molecule has 8 nitrogen and oxygen atoms in total. The van der Waals surface area contributed by atoms with Crippen molar-refractivity contribution in [1.29, 1.82) is 0 Å². The Labute approximate surface area is 197 Å². The van der Waals surface area contributed by atoms with Crippen LogP contribution in [0.2, 0.25) is 0 Å². The molecule has 2 aromatic heterocycles. The molecule has 11 heteroatoms.